The summed E-state index contributed by atoms with van der Waals surface area (Å²) in [5.74, 6) is 3.51. The van der Waals surface area contributed by atoms with Gasteiger partial charge in [-0.3, -0.25) is 0 Å². The van der Waals surface area contributed by atoms with Gasteiger partial charge >= 0.3 is 0 Å². The van der Waals surface area contributed by atoms with Crippen molar-refractivity contribution in [3.63, 3.8) is 0 Å². The van der Waals surface area contributed by atoms with Gasteiger partial charge in [-0.25, -0.2) is 15.0 Å². The average Bonchev–Trinajstić information content (AvgIpc) is 2.74. The molecule has 28 heavy (non-hydrogen) atoms. The fraction of sp³-hybridized carbons (Fsp3) is 0.600. The normalized spacial score (nSPS) is 20.9. The molecule has 8 nitrogen and oxygen atoms in total. The van der Waals surface area contributed by atoms with Gasteiger partial charge in [-0.15, -0.1) is 0 Å². The molecule has 1 aliphatic carbocycles. The molecule has 2 saturated heterocycles. The van der Waals surface area contributed by atoms with Crippen LogP contribution in [0.1, 0.15) is 30.9 Å². The second-order valence-electron chi connectivity index (χ2n) is 7.72. The average molecular weight is 381 g/mol. The number of aromatic nitrogens is 4. The van der Waals surface area contributed by atoms with E-state index in [9.17, 15) is 0 Å². The van der Waals surface area contributed by atoms with Crippen LogP contribution in [-0.2, 0) is 4.74 Å². The van der Waals surface area contributed by atoms with Crippen molar-refractivity contribution < 1.29 is 4.74 Å². The van der Waals surface area contributed by atoms with E-state index in [4.69, 9.17) is 9.72 Å². The molecule has 5 rings (SSSR count). The zero-order chi connectivity index (χ0) is 18.8. The van der Waals surface area contributed by atoms with Gasteiger partial charge in [-0.2, -0.15) is 4.98 Å². The lowest BCUT2D eigenvalue weighted by Crippen LogP contribution is -2.47. The van der Waals surface area contributed by atoms with Crippen molar-refractivity contribution in [3.05, 3.63) is 30.4 Å². The van der Waals surface area contributed by atoms with E-state index >= 15 is 0 Å². The molecule has 0 spiro atoms. The maximum Gasteiger partial charge on any atom is 0.227 e. The summed E-state index contributed by atoms with van der Waals surface area (Å²) in [5, 5.41) is 0. The van der Waals surface area contributed by atoms with E-state index in [0.717, 1.165) is 70.1 Å². The Morgan fingerprint density at radius 3 is 2.32 bits per heavy atom. The van der Waals surface area contributed by atoms with Gasteiger partial charge in [0.2, 0.25) is 5.95 Å². The molecule has 0 bridgehead atoms. The lowest BCUT2D eigenvalue weighted by molar-refractivity contribution is 0.122. The molecule has 4 heterocycles. The number of hydrogen-bond acceptors (Lipinski definition) is 8. The second kappa shape index (κ2) is 7.87. The Kier molecular flexibility index (Phi) is 4.95. The first-order valence-corrected chi connectivity index (χ1v) is 10.3. The molecule has 0 N–H and O–H groups in total. The molecule has 8 heteroatoms. The zero-order valence-corrected chi connectivity index (χ0v) is 16.2. The molecule has 3 fully saturated rings. The van der Waals surface area contributed by atoms with E-state index in [2.05, 4.69) is 35.7 Å². The number of rotatable bonds is 4. The molecule has 1 saturated carbocycles. The quantitative estimate of drug-likeness (QED) is 0.793. The van der Waals surface area contributed by atoms with Crippen molar-refractivity contribution >= 4 is 17.6 Å². The molecular weight excluding hydrogens is 354 g/mol. The van der Waals surface area contributed by atoms with E-state index in [1.165, 1.54) is 25.0 Å². The maximum atomic E-state index is 5.44. The van der Waals surface area contributed by atoms with Crippen LogP contribution in [0.5, 0.6) is 0 Å². The summed E-state index contributed by atoms with van der Waals surface area (Å²) < 4.78 is 5.44. The van der Waals surface area contributed by atoms with Gasteiger partial charge in [0, 0.05) is 63.1 Å². The standard InChI is InChI=1S/C20H27N7O/c1-2-16(3-1)17-14-19(23-15-22-17)25-6-8-27(9-7-25)20-21-5-4-18(24-20)26-10-12-28-13-11-26/h4-5,14-16H,1-3,6-13H2. The predicted octanol–water partition coefficient (Wildman–Crippen LogP) is 1.70. The third kappa shape index (κ3) is 3.61. The third-order valence-electron chi connectivity index (χ3n) is 6.05. The molecule has 0 unspecified atom stereocenters. The minimum Gasteiger partial charge on any atom is -0.378 e. The third-order valence-corrected chi connectivity index (χ3v) is 6.05. The summed E-state index contributed by atoms with van der Waals surface area (Å²) in [5.41, 5.74) is 1.21. The van der Waals surface area contributed by atoms with Crippen molar-refractivity contribution in [2.24, 2.45) is 0 Å². The van der Waals surface area contributed by atoms with Crippen LogP contribution in [0, 0.1) is 0 Å². The SMILES string of the molecule is c1nc(C2CCC2)cc(N2CCN(c3nccc(N4CCOCC4)n3)CC2)n1. The first-order chi connectivity index (χ1) is 13.9. The van der Waals surface area contributed by atoms with E-state index < -0.39 is 0 Å². The number of anilines is 3. The van der Waals surface area contributed by atoms with Gasteiger partial charge in [-0.05, 0) is 18.9 Å². The Labute approximate surface area is 165 Å². The highest BCUT2D eigenvalue weighted by atomic mass is 16.5. The molecule has 2 aliphatic heterocycles. The number of piperazine rings is 1. The van der Waals surface area contributed by atoms with Gasteiger partial charge < -0.3 is 19.4 Å². The predicted molar refractivity (Wildman–Crippen MR) is 108 cm³/mol. The molecule has 0 aromatic carbocycles. The highest BCUT2D eigenvalue weighted by Gasteiger charge is 2.24. The number of ether oxygens (including phenoxy) is 1. The van der Waals surface area contributed by atoms with E-state index in [0.29, 0.717) is 5.92 Å². The van der Waals surface area contributed by atoms with Crippen LogP contribution in [0.3, 0.4) is 0 Å². The highest BCUT2D eigenvalue weighted by Crippen LogP contribution is 2.36. The van der Waals surface area contributed by atoms with Crippen LogP contribution in [-0.4, -0.2) is 72.4 Å². The van der Waals surface area contributed by atoms with Crippen molar-refractivity contribution in [2.75, 3.05) is 67.2 Å². The van der Waals surface area contributed by atoms with Gasteiger partial charge in [0.15, 0.2) is 0 Å². The Morgan fingerprint density at radius 1 is 0.821 bits per heavy atom. The fourth-order valence-electron chi connectivity index (χ4n) is 4.06. The van der Waals surface area contributed by atoms with Gasteiger partial charge in [0.05, 0.1) is 13.2 Å². The highest BCUT2D eigenvalue weighted by molar-refractivity contribution is 5.47. The Bertz CT molecular complexity index is 799. The maximum absolute atomic E-state index is 5.44. The minimum absolute atomic E-state index is 0.638. The van der Waals surface area contributed by atoms with E-state index in [-0.39, 0.29) is 0 Å². The monoisotopic (exact) mass is 381 g/mol. The summed E-state index contributed by atoms with van der Waals surface area (Å²) in [6, 6.07) is 4.18. The molecule has 148 valence electrons. The van der Waals surface area contributed by atoms with Crippen molar-refractivity contribution in [1.82, 2.24) is 19.9 Å². The summed E-state index contributed by atoms with van der Waals surface area (Å²) in [6.45, 7) is 6.95. The number of hydrogen-bond donors (Lipinski definition) is 0. The summed E-state index contributed by atoms with van der Waals surface area (Å²) in [4.78, 5) is 25.3. The van der Waals surface area contributed by atoms with Crippen LogP contribution in [0.2, 0.25) is 0 Å². The van der Waals surface area contributed by atoms with Crippen LogP contribution in [0.15, 0.2) is 24.7 Å². The summed E-state index contributed by atoms with van der Waals surface area (Å²) in [7, 11) is 0. The minimum atomic E-state index is 0.638. The fourth-order valence-corrected chi connectivity index (χ4v) is 4.06. The van der Waals surface area contributed by atoms with Crippen LogP contribution < -0.4 is 14.7 Å². The van der Waals surface area contributed by atoms with Crippen LogP contribution >= 0.6 is 0 Å². The molecule has 0 amide bonds. The molecular formula is C20H27N7O. The first kappa shape index (κ1) is 17.6. The topological polar surface area (TPSA) is 70.5 Å². The Morgan fingerprint density at radius 2 is 1.57 bits per heavy atom. The molecule has 2 aromatic rings. The summed E-state index contributed by atoms with van der Waals surface area (Å²) in [6.07, 6.45) is 7.45. The smallest absolute Gasteiger partial charge is 0.227 e. The number of morpholine rings is 1. The van der Waals surface area contributed by atoms with Crippen LogP contribution in [0.25, 0.3) is 0 Å². The van der Waals surface area contributed by atoms with Gasteiger partial charge in [-0.1, -0.05) is 6.42 Å². The zero-order valence-electron chi connectivity index (χ0n) is 16.2. The van der Waals surface area contributed by atoms with Crippen LogP contribution in [0.4, 0.5) is 17.6 Å². The molecule has 3 aliphatic rings. The second-order valence-corrected chi connectivity index (χ2v) is 7.72. The van der Waals surface area contributed by atoms with Crippen molar-refractivity contribution in [1.29, 1.82) is 0 Å². The first-order valence-electron chi connectivity index (χ1n) is 10.3. The van der Waals surface area contributed by atoms with Gasteiger partial charge in [0.25, 0.3) is 0 Å². The van der Waals surface area contributed by atoms with E-state index in [1.54, 1.807) is 6.33 Å². The molecule has 2 aromatic heterocycles. The van der Waals surface area contributed by atoms with Crippen molar-refractivity contribution in [3.8, 4) is 0 Å². The Balaban J connectivity index is 1.23. The molecule has 0 atom stereocenters. The molecule has 0 radical (unpaired) electrons. The lowest BCUT2D eigenvalue weighted by atomic mass is 9.83. The number of nitrogens with zero attached hydrogens (tertiary/aromatic N) is 7. The Hall–Kier alpha value is -2.48. The van der Waals surface area contributed by atoms with E-state index in [1.807, 2.05) is 12.3 Å². The van der Waals surface area contributed by atoms with Gasteiger partial charge in [0.1, 0.15) is 18.0 Å². The summed E-state index contributed by atoms with van der Waals surface area (Å²) >= 11 is 0. The largest absolute Gasteiger partial charge is 0.378 e. The lowest BCUT2D eigenvalue weighted by Gasteiger charge is -2.36. The van der Waals surface area contributed by atoms with Crippen molar-refractivity contribution in [2.45, 2.75) is 25.2 Å².